The molecule has 0 radical (unpaired) electrons. The fourth-order valence-corrected chi connectivity index (χ4v) is 10.3. The summed E-state index contributed by atoms with van der Waals surface area (Å²) in [5.41, 5.74) is 5.55. The first kappa shape index (κ1) is 37.0. The maximum atomic E-state index is 13.5. The first-order valence-electron chi connectivity index (χ1n) is 19.2. The molecular formula is C43H47ClN6O5. The number of ether oxygens (including phenoxy) is 1. The van der Waals surface area contributed by atoms with Crippen LogP contribution in [-0.4, -0.2) is 71.3 Å². The summed E-state index contributed by atoms with van der Waals surface area (Å²) >= 11 is 6.26. The minimum atomic E-state index is -0.593. The van der Waals surface area contributed by atoms with Gasteiger partial charge in [-0.05, 0) is 84.3 Å². The van der Waals surface area contributed by atoms with Gasteiger partial charge in [-0.1, -0.05) is 51.4 Å². The fraction of sp³-hybridized carbons (Fsp3) is 0.465. The highest BCUT2D eigenvalue weighted by atomic mass is 35.5. The molecule has 3 aromatic carbocycles. The van der Waals surface area contributed by atoms with E-state index < -0.39 is 6.04 Å². The number of amides is 4. The first-order valence-corrected chi connectivity index (χ1v) is 19.6. The summed E-state index contributed by atoms with van der Waals surface area (Å²) in [6.45, 7) is 20.6. The monoisotopic (exact) mass is 762 g/mol. The van der Waals surface area contributed by atoms with Gasteiger partial charge in [0.2, 0.25) is 17.5 Å². The van der Waals surface area contributed by atoms with Crippen molar-refractivity contribution in [1.82, 2.24) is 20.4 Å². The van der Waals surface area contributed by atoms with Gasteiger partial charge in [0.1, 0.15) is 17.9 Å². The zero-order chi connectivity index (χ0) is 38.8. The minimum Gasteiger partial charge on any atom is -0.489 e. The second-order valence-electron chi connectivity index (χ2n) is 17.1. The summed E-state index contributed by atoms with van der Waals surface area (Å²) in [6, 6.07) is 16.5. The molecule has 4 aliphatic heterocycles. The van der Waals surface area contributed by atoms with Crippen molar-refractivity contribution in [3.8, 4) is 5.75 Å². The van der Waals surface area contributed by atoms with Gasteiger partial charge in [0, 0.05) is 79.4 Å². The maximum absolute atomic E-state index is 13.5. The van der Waals surface area contributed by atoms with E-state index in [-0.39, 0.29) is 53.0 Å². The van der Waals surface area contributed by atoms with Crippen LogP contribution in [0.3, 0.4) is 0 Å². The van der Waals surface area contributed by atoms with E-state index in [1.807, 2.05) is 30.3 Å². The molecule has 1 atom stereocenters. The Balaban J connectivity index is 0.812. The smallest absolute Gasteiger partial charge is 0.255 e. The van der Waals surface area contributed by atoms with E-state index in [1.165, 1.54) is 11.1 Å². The van der Waals surface area contributed by atoms with Crippen LogP contribution >= 0.6 is 11.6 Å². The van der Waals surface area contributed by atoms with Crippen molar-refractivity contribution in [1.29, 1.82) is 0 Å². The molecule has 2 N–H and O–H groups in total. The van der Waals surface area contributed by atoms with Crippen LogP contribution in [0.25, 0.3) is 4.85 Å². The van der Waals surface area contributed by atoms with Gasteiger partial charge in [-0.3, -0.25) is 29.4 Å². The Labute approximate surface area is 327 Å². The second-order valence-corrected chi connectivity index (χ2v) is 17.5. The molecule has 0 bridgehead atoms. The number of imide groups is 1. The summed E-state index contributed by atoms with van der Waals surface area (Å²) in [6.07, 6.45) is 2.61. The lowest BCUT2D eigenvalue weighted by molar-refractivity contribution is -0.164. The third kappa shape index (κ3) is 6.74. The van der Waals surface area contributed by atoms with Crippen molar-refractivity contribution in [2.45, 2.75) is 91.2 Å². The first-order chi connectivity index (χ1) is 26.2. The number of nitrogens with zero attached hydrogens (tertiary/aromatic N) is 4. The summed E-state index contributed by atoms with van der Waals surface area (Å²) in [4.78, 5) is 60.8. The van der Waals surface area contributed by atoms with Crippen LogP contribution in [0, 0.1) is 23.3 Å². The lowest BCUT2D eigenvalue weighted by Crippen LogP contribution is -2.74. The molecule has 0 aromatic heterocycles. The number of fused-ring (bicyclic) bond motifs is 2. The topological polar surface area (TPSA) is 116 Å². The number of hydrogen-bond acceptors (Lipinski definition) is 7. The third-order valence-corrected chi connectivity index (χ3v) is 13.0. The Hall–Kier alpha value is -4.92. The average Bonchev–Trinajstić information content (AvgIpc) is 3.70. The van der Waals surface area contributed by atoms with Crippen LogP contribution < -0.4 is 20.3 Å². The molecule has 4 heterocycles. The molecule has 3 fully saturated rings. The van der Waals surface area contributed by atoms with Crippen molar-refractivity contribution in [3.05, 3.63) is 98.9 Å². The number of piperidine rings is 2. The fourth-order valence-electron chi connectivity index (χ4n) is 10.0. The number of carbonyl (C=O) groups excluding carboxylic acids is 4. The summed E-state index contributed by atoms with van der Waals surface area (Å²) in [5, 5.41) is 6.03. The second kappa shape index (κ2) is 14.0. The van der Waals surface area contributed by atoms with Crippen molar-refractivity contribution in [3.63, 3.8) is 0 Å². The molecule has 286 valence electrons. The van der Waals surface area contributed by atoms with Gasteiger partial charge in [0.25, 0.3) is 11.8 Å². The van der Waals surface area contributed by atoms with E-state index >= 15 is 0 Å². The lowest BCUT2D eigenvalue weighted by Gasteiger charge is -2.63. The van der Waals surface area contributed by atoms with Crippen LogP contribution in [0.15, 0.2) is 54.6 Å². The van der Waals surface area contributed by atoms with Crippen molar-refractivity contribution in [2.24, 2.45) is 16.7 Å². The van der Waals surface area contributed by atoms with E-state index in [1.54, 1.807) is 23.1 Å². The number of hydrogen-bond donors (Lipinski definition) is 2. The average molecular weight is 763 g/mol. The molecule has 5 aliphatic rings. The highest BCUT2D eigenvalue weighted by Crippen LogP contribution is 2.55. The van der Waals surface area contributed by atoms with Gasteiger partial charge in [-0.15, -0.1) is 0 Å². The highest BCUT2D eigenvalue weighted by molar-refractivity contribution is 6.33. The molecule has 2 saturated heterocycles. The Morgan fingerprint density at radius 1 is 0.927 bits per heavy atom. The van der Waals surface area contributed by atoms with Gasteiger partial charge in [0.05, 0.1) is 11.6 Å². The molecule has 1 unspecified atom stereocenters. The Kier molecular flexibility index (Phi) is 9.41. The van der Waals surface area contributed by atoms with E-state index in [2.05, 4.69) is 59.0 Å². The molecule has 55 heavy (non-hydrogen) atoms. The van der Waals surface area contributed by atoms with E-state index in [4.69, 9.17) is 22.9 Å². The molecule has 3 aromatic rings. The quantitative estimate of drug-likeness (QED) is 0.199. The van der Waals surface area contributed by atoms with Crippen LogP contribution in [0.4, 0.5) is 11.4 Å². The number of halogens is 1. The van der Waals surface area contributed by atoms with Crippen molar-refractivity contribution >= 4 is 46.6 Å². The molecule has 1 saturated carbocycles. The summed E-state index contributed by atoms with van der Waals surface area (Å²) in [5.74, 6) is 0.303. The van der Waals surface area contributed by atoms with Gasteiger partial charge in [-0.2, -0.15) is 0 Å². The number of anilines is 1. The van der Waals surface area contributed by atoms with Crippen LogP contribution in [0.2, 0.25) is 5.02 Å². The van der Waals surface area contributed by atoms with Gasteiger partial charge >= 0.3 is 0 Å². The van der Waals surface area contributed by atoms with Gasteiger partial charge in [-0.25, -0.2) is 4.85 Å². The number of carbonyl (C=O) groups is 4. The Morgan fingerprint density at radius 3 is 2.27 bits per heavy atom. The summed E-state index contributed by atoms with van der Waals surface area (Å²) in [7, 11) is 0. The molecular weight excluding hydrogens is 716 g/mol. The molecule has 8 rings (SSSR count). The van der Waals surface area contributed by atoms with Gasteiger partial charge in [0.15, 0.2) is 0 Å². The highest BCUT2D eigenvalue weighted by Gasteiger charge is 2.64. The third-order valence-electron chi connectivity index (χ3n) is 12.7. The Bertz CT molecular complexity index is 2100. The number of benzene rings is 3. The Morgan fingerprint density at radius 2 is 1.62 bits per heavy atom. The zero-order valence-corrected chi connectivity index (χ0v) is 32.5. The molecule has 0 spiro atoms. The van der Waals surface area contributed by atoms with E-state index in [0.29, 0.717) is 46.5 Å². The van der Waals surface area contributed by atoms with Crippen molar-refractivity contribution in [2.75, 3.05) is 24.5 Å². The molecule has 1 aliphatic carbocycles. The summed E-state index contributed by atoms with van der Waals surface area (Å²) < 4.78 is 6.39. The molecule has 11 nitrogen and oxygen atoms in total. The zero-order valence-electron chi connectivity index (χ0n) is 31.8. The minimum absolute atomic E-state index is 0.104. The maximum Gasteiger partial charge on any atom is 0.255 e. The normalized spacial score (nSPS) is 24.4. The van der Waals surface area contributed by atoms with Gasteiger partial charge < -0.3 is 19.9 Å². The number of rotatable bonds is 8. The molecule has 12 heteroatoms. The SMILES string of the molecule is [C-]#[N+]c1ccc(OC2C(C)(C)C(NC(=O)c3ccc(N4CCC(CN5Cc6cc7c(cc6C5)C(=O)N(C5CCC(=O)NC5=O)C7)CC4)cc3)C2(C)C)cc1Cl. The number of nitrogens with one attached hydrogen (secondary N) is 2. The van der Waals surface area contributed by atoms with Crippen LogP contribution in [0.5, 0.6) is 5.75 Å². The van der Waals surface area contributed by atoms with Crippen LogP contribution in [-0.2, 0) is 29.2 Å². The predicted molar refractivity (Wildman–Crippen MR) is 209 cm³/mol. The van der Waals surface area contributed by atoms with Crippen molar-refractivity contribution < 1.29 is 23.9 Å². The van der Waals surface area contributed by atoms with Crippen LogP contribution in [0.1, 0.15) is 90.8 Å². The largest absolute Gasteiger partial charge is 0.489 e. The van der Waals surface area contributed by atoms with E-state index in [9.17, 15) is 19.2 Å². The predicted octanol–water partition coefficient (Wildman–Crippen LogP) is 6.50. The van der Waals surface area contributed by atoms with E-state index in [0.717, 1.165) is 56.8 Å². The standard InChI is InChI=1S/C43H47ClN6O5/c1-42(2)40(43(3,4)41(42)55-31-10-11-34(45-5)33(44)20-31)47-37(52)26-6-8-30(9-7-26)49-16-14-25(15-17-49)21-48-22-27-18-29-24-50(35-12-13-36(51)46-38(35)53)39(54)32(29)19-28(27)23-48/h6-11,18-20,25,35,40-41H,12-17,21-24H2,1-4H3,(H,47,52)(H,46,51,53). The lowest BCUT2D eigenvalue weighted by atomic mass is 9.49. The molecule has 4 amide bonds.